The van der Waals surface area contributed by atoms with Gasteiger partial charge in [0, 0.05) is 36.0 Å². The summed E-state index contributed by atoms with van der Waals surface area (Å²) in [6.45, 7) is 0.220. The molecule has 0 radical (unpaired) electrons. The van der Waals surface area contributed by atoms with Crippen LogP contribution in [-0.2, 0) is 6.42 Å². The number of benzene rings is 1. The second-order valence-electron chi connectivity index (χ2n) is 4.95. The lowest BCUT2D eigenvalue weighted by atomic mass is 10.0. The molecule has 22 heavy (non-hydrogen) atoms. The van der Waals surface area contributed by atoms with Crippen molar-refractivity contribution in [2.75, 3.05) is 13.2 Å². The fraction of sp³-hybridized carbons (Fsp3) is 0.250. The molecule has 0 spiro atoms. The van der Waals surface area contributed by atoms with Crippen LogP contribution >= 0.6 is 11.6 Å². The van der Waals surface area contributed by atoms with E-state index < -0.39 is 5.91 Å². The molecule has 1 aromatic carbocycles. The molecule has 1 atom stereocenters. The number of rotatable bonds is 6. The molecule has 116 valence electrons. The molecular formula is C16H17ClN2O3. The lowest BCUT2D eigenvalue weighted by Crippen LogP contribution is -2.32. The summed E-state index contributed by atoms with van der Waals surface area (Å²) >= 11 is 5.73. The fourth-order valence-corrected chi connectivity index (χ4v) is 2.21. The van der Waals surface area contributed by atoms with Crippen LogP contribution in [0.25, 0.3) is 0 Å². The van der Waals surface area contributed by atoms with Crippen molar-refractivity contribution in [3.05, 3.63) is 58.9 Å². The third-order valence-corrected chi connectivity index (χ3v) is 3.47. The molecule has 3 N–H and O–H groups in total. The van der Waals surface area contributed by atoms with Crippen LogP contribution in [0.4, 0.5) is 0 Å². The Morgan fingerprint density at radius 3 is 2.77 bits per heavy atom. The Morgan fingerprint density at radius 1 is 1.32 bits per heavy atom. The number of aromatic hydroxyl groups is 1. The van der Waals surface area contributed by atoms with E-state index in [9.17, 15) is 15.0 Å². The molecule has 5 nitrogen and oxygen atoms in total. The van der Waals surface area contributed by atoms with Gasteiger partial charge in [-0.1, -0.05) is 17.7 Å². The van der Waals surface area contributed by atoms with E-state index in [-0.39, 0.29) is 30.4 Å². The van der Waals surface area contributed by atoms with E-state index in [1.807, 2.05) is 18.2 Å². The predicted octanol–water partition coefficient (Wildman–Crippen LogP) is 2.02. The lowest BCUT2D eigenvalue weighted by Gasteiger charge is -2.15. The van der Waals surface area contributed by atoms with Crippen LogP contribution in [0.2, 0.25) is 5.02 Å². The largest absolute Gasteiger partial charge is 0.507 e. The Bertz CT molecular complexity index is 635. The number of phenols is 1. The van der Waals surface area contributed by atoms with Crippen molar-refractivity contribution < 1.29 is 15.0 Å². The number of hydrogen-bond acceptors (Lipinski definition) is 4. The molecule has 0 bridgehead atoms. The molecule has 1 heterocycles. The van der Waals surface area contributed by atoms with Gasteiger partial charge in [0.2, 0.25) is 0 Å². The van der Waals surface area contributed by atoms with Crippen LogP contribution in [0.5, 0.6) is 5.75 Å². The molecule has 6 heteroatoms. The number of amides is 1. The summed E-state index contributed by atoms with van der Waals surface area (Å²) in [5.41, 5.74) is 1.00. The number of aliphatic hydroxyl groups is 1. The number of carbonyl (C=O) groups is 1. The molecule has 0 saturated heterocycles. The molecule has 0 aliphatic rings. The number of aromatic nitrogens is 1. The monoisotopic (exact) mass is 320 g/mol. The molecule has 0 fully saturated rings. The summed E-state index contributed by atoms with van der Waals surface area (Å²) in [7, 11) is 0. The van der Waals surface area contributed by atoms with Gasteiger partial charge in [0.25, 0.3) is 5.91 Å². The van der Waals surface area contributed by atoms with Crippen LogP contribution < -0.4 is 5.32 Å². The summed E-state index contributed by atoms with van der Waals surface area (Å²) in [5, 5.41) is 22.2. The van der Waals surface area contributed by atoms with Gasteiger partial charge in [-0.15, -0.1) is 0 Å². The highest BCUT2D eigenvalue weighted by Crippen LogP contribution is 2.21. The maximum Gasteiger partial charge on any atom is 0.255 e. The smallest absolute Gasteiger partial charge is 0.255 e. The number of pyridine rings is 1. The molecule has 2 aromatic rings. The van der Waals surface area contributed by atoms with Gasteiger partial charge in [0.15, 0.2) is 0 Å². The van der Waals surface area contributed by atoms with E-state index in [0.29, 0.717) is 11.4 Å². The quantitative estimate of drug-likeness (QED) is 0.760. The van der Waals surface area contributed by atoms with Crippen molar-refractivity contribution in [1.82, 2.24) is 10.3 Å². The van der Waals surface area contributed by atoms with E-state index >= 15 is 0 Å². The van der Waals surface area contributed by atoms with E-state index in [0.717, 1.165) is 5.69 Å². The third kappa shape index (κ3) is 4.44. The molecule has 2 rings (SSSR count). The van der Waals surface area contributed by atoms with Crippen molar-refractivity contribution in [3.63, 3.8) is 0 Å². The SMILES string of the molecule is O=C(NCC(CO)Cc1ccccn1)c1ccc(Cl)cc1O. The average molecular weight is 321 g/mol. The van der Waals surface area contributed by atoms with Crippen LogP contribution in [0.15, 0.2) is 42.6 Å². The minimum absolute atomic E-state index is 0.0660. The average Bonchev–Trinajstić information content (AvgIpc) is 2.52. The lowest BCUT2D eigenvalue weighted by molar-refractivity contribution is 0.0937. The number of nitrogens with zero attached hydrogens (tertiary/aromatic N) is 1. The van der Waals surface area contributed by atoms with Gasteiger partial charge >= 0.3 is 0 Å². The summed E-state index contributed by atoms with van der Waals surface area (Å²) in [4.78, 5) is 16.2. The van der Waals surface area contributed by atoms with Gasteiger partial charge in [0.1, 0.15) is 5.75 Å². The highest BCUT2D eigenvalue weighted by atomic mass is 35.5. The van der Waals surface area contributed by atoms with Crippen LogP contribution in [-0.4, -0.2) is 34.3 Å². The fourth-order valence-electron chi connectivity index (χ4n) is 2.04. The Morgan fingerprint density at radius 2 is 2.14 bits per heavy atom. The zero-order valence-electron chi connectivity index (χ0n) is 11.9. The van der Waals surface area contributed by atoms with Crippen molar-refractivity contribution in [2.45, 2.75) is 6.42 Å². The van der Waals surface area contributed by atoms with E-state index in [2.05, 4.69) is 10.3 Å². The number of nitrogens with one attached hydrogen (secondary N) is 1. The van der Waals surface area contributed by atoms with Crippen molar-refractivity contribution in [3.8, 4) is 5.75 Å². The number of halogens is 1. The number of carbonyl (C=O) groups excluding carboxylic acids is 1. The molecule has 0 aliphatic heterocycles. The summed E-state index contributed by atoms with van der Waals surface area (Å²) in [6, 6.07) is 9.88. The van der Waals surface area contributed by atoms with E-state index in [1.54, 1.807) is 6.20 Å². The molecule has 1 amide bonds. The second-order valence-corrected chi connectivity index (χ2v) is 5.38. The maximum absolute atomic E-state index is 12.0. The zero-order chi connectivity index (χ0) is 15.9. The normalized spacial score (nSPS) is 11.9. The first-order valence-electron chi connectivity index (χ1n) is 6.87. The standard InChI is InChI=1S/C16H17ClN2O3/c17-12-4-5-14(15(21)8-12)16(22)19-9-11(10-20)7-13-3-1-2-6-18-13/h1-6,8,11,20-21H,7,9-10H2,(H,19,22). The topological polar surface area (TPSA) is 82.5 Å². The summed E-state index contributed by atoms with van der Waals surface area (Å²) in [5.74, 6) is -0.725. The van der Waals surface area contributed by atoms with Gasteiger partial charge in [-0.05, 0) is 36.8 Å². The van der Waals surface area contributed by atoms with Gasteiger partial charge in [-0.2, -0.15) is 0 Å². The third-order valence-electron chi connectivity index (χ3n) is 3.24. The van der Waals surface area contributed by atoms with Crippen molar-refractivity contribution in [2.24, 2.45) is 5.92 Å². The molecule has 0 aliphatic carbocycles. The zero-order valence-corrected chi connectivity index (χ0v) is 12.6. The summed E-state index contributed by atoms with van der Waals surface area (Å²) in [6.07, 6.45) is 2.25. The highest BCUT2D eigenvalue weighted by Gasteiger charge is 2.15. The first kappa shape index (κ1) is 16.3. The Labute approximate surface area is 133 Å². The second kappa shape index (κ2) is 7.77. The Balaban J connectivity index is 1.94. The van der Waals surface area contributed by atoms with Gasteiger partial charge in [0.05, 0.1) is 5.56 Å². The number of phenolic OH excluding ortho intramolecular Hbond substituents is 1. The van der Waals surface area contributed by atoms with Crippen molar-refractivity contribution in [1.29, 1.82) is 0 Å². The van der Waals surface area contributed by atoms with E-state index in [1.165, 1.54) is 18.2 Å². The number of hydrogen-bond donors (Lipinski definition) is 3. The van der Waals surface area contributed by atoms with Gasteiger partial charge in [-0.25, -0.2) is 0 Å². The predicted molar refractivity (Wildman–Crippen MR) is 84.0 cm³/mol. The van der Waals surface area contributed by atoms with Crippen LogP contribution in [0.1, 0.15) is 16.1 Å². The first-order valence-corrected chi connectivity index (χ1v) is 7.25. The summed E-state index contributed by atoms with van der Waals surface area (Å²) < 4.78 is 0. The Kier molecular flexibility index (Phi) is 5.75. The minimum Gasteiger partial charge on any atom is -0.507 e. The minimum atomic E-state index is -0.409. The Hall–Kier alpha value is -2.11. The molecule has 0 saturated carbocycles. The van der Waals surface area contributed by atoms with Crippen LogP contribution in [0.3, 0.4) is 0 Å². The first-order chi connectivity index (χ1) is 10.6. The van der Waals surface area contributed by atoms with Gasteiger partial charge < -0.3 is 15.5 Å². The molecular weight excluding hydrogens is 304 g/mol. The van der Waals surface area contributed by atoms with E-state index in [4.69, 9.17) is 11.6 Å². The van der Waals surface area contributed by atoms with Gasteiger partial charge in [-0.3, -0.25) is 9.78 Å². The highest BCUT2D eigenvalue weighted by molar-refractivity contribution is 6.30. The van der Waals surface area contributed by atoms with Crippen molar-refractivity contribution >= 4 is 17.5 Å². The number of aliphatic hydroxyl groups excluding tert-OH is 1. The maximum atomic E-state index is 12.0. The molecule has 1 unspecified atom stereocenters. The molecule has 1 aromatic heterocycles. The van der Waals surface area contributed by atoms with Crippen LogP contribution in [0, 0.1) is 5.92 Å².